The Kier molecular flexibility index (Phi) is 4.85. The second-order valence-electron chi connectivity index (χ2n) is 7.01. The van der Waals surface area contributed by atoms with Crippen LogP contribution in [0.25, 0.3) is 0 Å². The van der Waals surface area contributed by atoms with E-state index in [9.17, 15) is 14.0 Å². The average Bonchev–Trinajstić information content (AvgIpc) is 2.81. The summed E-state index contributed by atoms with van der Waals surface area (Å²) in [5.41, 5.74) is 0.442. The van der Waals surface area contributed by atoms with Crippen LogP contribution in [-0.2, 0) is 4.79 Å². The molecule has 1 aromatic carbocycles. The molecule has 2 fully saturated rings. The fourth-order valence-electron chi connectivity index (χ4n) is 3.64. The van der Waals surface area contributed by atoms with Gasteiger partial charge in [-0.25, -0.2) is 9.18 Å². The lowest BCUT2D eigenvalue weighted by Crippen LogP contribution is -2.44. The number of hydrogen-bond donors (Lipinski definition) is 2. The zero-order valence-electron chi connectivity index (χ0n) is 14.0. The summed E-state index contributed by atoms with van der Waals surface area (Å²) >= 11 is 0. The van der Waals surface area contributed by atoms with Gasteiger partial charge in [-0.1, -0.05) is 12.1 Å². The maximum absolute atomic E-state index is 13.0. The van der Waals surface area contributed by atoms with Gasteiger partial charge in [0, 0.05) is 0 Å². The highest BCUT2D eigenvalue weighted by atomic mass is 19.1. The van der Waals surface area contributed by atoms with Crippen molar-refractivity contribution in [3.05, 3.63) is 35.6 Å². The van der Waals surface area contributed by atoms with Crippen molar-refractivity contribution in [2.75, 3.05) is 19.6 Å². The Morgan fingerprint density at radius 1 is 1.21 bits per heavy atom. The van der Waals surface area contributed by atoms with Crippen molar-refractivity contribution in [3.8, 4) is 0 Å². The molecule has 1 unspecified atom stereocenters. The Morgan fingerprint density at radius 2 is 1.88 bits per heavy atom. The van der Waals surface area contributed by atoms with E-state index >= 15 is 0 Å². The van der Waals surface area contributed by atoms with Crippen LogP contribution in [0.4, 0.5) is 9.18 Å². The number of amides is 3. The molecular weight excluding hydrogens is 309 g/mol. The molecule has 0 spiro atoms. The van der Waals surface area contributed by atoms with Gasteiger partial charge in [0.25, 0.3) is 5.91 Å². The summed E-state index contributed by atoms with van der Waals surface area (Å²) in [5.74, 6) is 0.0782. The largest absolute Gasteiger partial charge is 0.324 e. The molecule has 0 radical (unpaired) electrons. The second kappa shape index (κ2) is 6.89. The van der Waals surface area contributed by atoms with Gasteiger partial charge in [-0.05, 0) is 75.9 Å². The highest BCUT2D eigenvalue weighted by molar-refractivity contribution is 6.06. The van der Waals surface area contributed by atoms with Gasteiger partial charge < -0.3 is 10.2 Å². The van der Waals surface area contributed by atoms with Crippen LogP contribution in [0.3, 0.4) is 0 Å². The molecule has 0 saturated carbocycles. The van der Waals surface area contributed by atoms with E-state index in [2.05, 4.69) is 15.5 Å². The number of halogens is 1. The molecule has 2 aliphatic heterocycles. The number of rotatable bonds is 5. The van der Waals surface area contributed by atoms with E-state index in [1.54, 1.807) is 6.92 Å². The number of nitrogens with zero attached hydrogens (tertiary/aromatic N) is 1. The van der Waals surface area contributed by atoms with Crippen LogP contribution < -0.4 is 10.6 Å². The normalized spacial score (nSPS) is 25.6. The number of nitrogens with one attached hydrogen (secondary N) is 2. The van der Waals surface area contributed by atoms with Crippen molar-refractivity contribution in [1.82, 2.24) is 15.5 Å². The van der Waals surface area contributed by atoms with Crippen molar-refractivity contribution >= 4 is 11.9 Å². The van der Waals surface area contributed by atoms with Crippen LogP contribution in [0.2, 0.25) is 0 Å². The van der Waals surface area contributed by atoms with Gasteiger partial charge in [0.1, 0.15) is 11.4 Å². The Morgan fingerprint density at radius 3 is 2.46 bits per heavy atom. The number of hydrogen-bond acceptors (Lipinski definition) is 3. The summed E-state index contributed by atoms with van der Waals surface area (Å²) < 4.78 is 13.0. The summed E-state index contributed by atoms with van der Waals surface area (Å²) in [7, 11) is 0. The van der Waals surface area contributed by atoms with Crippen LogP contribution in [0.5, 0.6) is 0 Å². The highest BCUT2D eigenvalue weighted by Gasteiger charge is 2.41. The van der Waals surface area contributed by atoms with Gasteiger partial charge in [-0.3, -0.25) is 10.1 Å². The molecule has 2 N–H and O–H groups in total. The molecule has 6 heteroatoms. The van der Waals surface area contributed by atoms with Crippen LogP contribution in [0.1, 0.15) is 44.1 Å². The molecule has 2 aliphatic rings. The summed E-state index contributed by atoms with van der Waals surface area (Å²) in [6, 6.07) is 6.44. The zero-order chi connectivity index (χ0) is 17.2. The van der Waals surface area contributed by atoms with Crippen LogP contribution in [0.15, 0.2) is 24.3 Å². The fraction of sp³-hybridized carbons (Fsp3) is 0.556. The minimum Gasteiger partial charge on any atom is -0.324 e. The van der Waals surface area contributed by atoms with Gasteiger partial charge in [0.05, 0.1) is 0 Å². The summed E-state index contributed by atoms with van der Waals surface area (Å²) in [4.78, 5) is 25.4. The number of carbonyl (C=O) groups excluding carboxylic acids is 2. The number of likely N-dealkylation sites (tertiary alicyclic amines) is 1. The van der Waals surface area contributed by atoms with Crippen molar-refractivity contribution < 1.29 is 14.0 Å². The molecule has 0 aromatic heterocycles. The van der Waals surface area contributed by atoms with E-state index in [0.717, 1.165) is 38.9 Å². The molecule has 1 atom stereocenters. The smallest absolute Gasteiger partial charge is 0.322 e. The lowest BCUT2D eigenvalue weighted by atomic mass is 9.89. The Labute approximate surface area is 141 Å². The van der Waals surface area contributed by atoms with Crippen LogP contribution in [-0.4, -0.2) is 42.0 Å². The van der Waals surface area contributed by atoms with E-state index < -0.39 is 11.6 Å². The Bertz CT molecular complexity index is 611. The number of piperidine rings is 1. The molecule has 0 bridgehead atoms. The first-order valence-corrected chi connectivity index (χ1v) is 8.58. The summed E-state index contributed by atoms with van der Waals surface area (Å²) in [6.45, 7) is 4.72. The molecule has 3 amide bonds. The predicted molar refractivity (Wildman–Crippen MR) is 89.1 cm³/mol. The van der Waals surface area contributed by atoms with Crippen molar-refractivity contribution in [1.29, 1.82) is 0 Å². The highest BCUT2D eigenvalue weighted by Crippen LogP contribution is 2.28. The molecule has 2 saturated heterocycles. The lowest BCUT2D eigenvalue weighted by molar-refractivity contribution is -0.123. The van der Waals surface area contributed by atoms with Crippen LogP contribution in [0, 0.1) is 5.82 Å². The zero-order valence-corrected chi connectivity index (χ0v) is 14.0. The minimum atomic E-state index is -0.774. The molecular formula is C18H24FN3O2. The van der Waals surface area contributed by atoms with Crippen LogP contribution >= 0.6 is 0 Å². The predicted octanol–water partition coefficient (Wildman–Crippen LogP) is 2.38. The number of urea groups is 1. The lowest BCUT2D eigenvalue weighted by Gasteiger charge is -2.32. The Hall–Kier alpha value is -1.95. The minimum absolute atomic E-state index is 0.187. The molecule has 5 nitrogen and oxygen atoms in total. The van der Waals surface area contributed by atoms with E-state index in [-0.39, 0.29) is 11.7 Å². The Balaban J connectivity index is 1.42. The third kappa shape index (κ3) is 3.75. The molecule has 3 rings (SSSR count). The van der Waals surface area contributed by atoms with Crippen molar-refractivity contribution in [2.24, 2.45) is 0 Å². The third-order valence-corrected chi connectivity index (χ3v) is 5.20. The summed E-state index contributed by atoms with van der Waals surface area (Å²) in [5, 5.41) is 5.00. The third-order valence-electron chi connectivity index (χ3n) is 5.20. The average molecular weight is 333 g/mol. The van der Waals surface area contributed by atoms with E-state index in [1.165, 1.54) is 17.7 Å². The van der Waals surface area contributed by atoms with Crippen molar-refractivity contribution in [2.45, 2.75) is 44.1 Å². The van der Waals surface area contributed by atoms with Gasteiger partial charge in [-0.2, -0.15) is 0 Å². The van der Waals surface area contributed by atoms with Gasteiger partial charge >= 0.3 is 6.03 Å². The maximum Gasteiger partial charge on any atom is 0.322 e. The van der Waals surface area contributed by atoms with E-state index in [1.807, 2.05) is 12.1 Å². The number of imide groups is 1. The standard InChI is InChI=1S/C18H24FN3O2/c1-18(16(23)20-17(24)21-18)9-2-10-22-11-7-14(8-12-22)13-3-5-15(19)6-4-13/h3-6,14H,2,7-12H2,1H3,(H2,20,21,23,24). The fourth-order valence-corrected chi connectivity index (χ4v) is 3.64. The van der Waals surface area contributed by atoms with E-state index in [0.29, 0.717) is 12.3 Å². The molecule has 2 heterocycles. The second-order valence-corrected chi connectivity index (χ2v) is 7.01. The quantitative estimate of drug-likeness (QED) is 0.814. The first-order chi connectivity index (χ1) is 11.5. The topological polar surface area (TPSA) is 61.4 Å². The maximum atomic E-state index is 13.0. The van der Waals surface area contributed by atoms with Crippen molar-refractivity contribution in [3.63, 3.8) is 0 Å². The van der Waals surface area contributed by atoms with Gasteiger partial charge in [-0.15, -0.1) is 0 Å². The molecule has 0 aliphatic carbocycles. The SMILES string of the molecule is CC1(CCCN2CCC(c3ccc(F)cc3)CC2)NC(=O)NC1=O. The summed E-state index contributed by atoms with van der Waals surface area (Å²) in [6.07, 6.45) is 3.65. The van der Waals surface area contributed by atoms with Gasteiger partial charge in [0.2, 0.25) is 0 Å². The molecule has 1 aromatic rings. The number of carbonyl (C=O) groups is 2. The first kappa shape index (κ1) is 16.9. The molecule has 24 heavy (non-hydrogen) atoms. The van der Waals surface area contributed by atoms with E-state index in [4.69, 9.17) is 0 Å². The number of benzene rings is 1. The first-order valence-electron chi connectivity index (χ1n) is 8.58. The molecule has 130 valence electrons. The van der Waals surface area contributed by atoms with Gasteiger partial charge in [0.15, 0.2) is 0 Å². The monoisotopic (exact) mass is 333 g/mol.